The lowest BCUT2D eigenvalue weighted by Crippen LogP contribution is -2.40. The van der Waals surface area contributed by atoms with Crippen molar-refractivity contribution >= 4 is 22.7 Å². The number of hydrogen-bond donors (Lipinski definition) is 3. The lowest BCUT2D eigenvalue weighted by molar-refractivity contribution is -0.119. The normalized spacial score (nSPS) is 20.4. The number of hydrogen-bond acceptors (Lipinski definition) is 4. The van der Waals surface area contributed by atoms with Crippen LogP contribution in [0.2, 0.25) is 0 Å². The van der Waals surface area contributed by atoms with E-state index in [9.17, 15) is 14.7 Å². The summed E-state index contributed by atoms with van der Waals surface area (Å²) in [5.74, 6) is 0.275. The van der Waals surface area contributed by atoms with Gasteiger partial charge in [-0.2, -0.15) is 0 Å². The van der Waals surface area contributed by atoms with Crippen LogP contribution in [0.4, 0.5) is 0 Å². The zero-order chi connectivity index (χ0) is 17.3. The fourth-order valence-corrected chi connectivity index (χ4v) is 3.17. The Balaban J connectivity index is 1.80. The number of H-pyrrole nitrogens is 1. The molecule has 1 aromatic heterocycles. The number of benzene rings is 1. The maximum absolute atomic E-state index is 12.7. The molecule has 1 fully saturated rings. The first-order valence-corrected chi connectivity index (χ1v) is 7.86. The van der Waals surface area contributed by atoms with Crippen LogP contribution in [0.3, 0.4) is 0 Å². The number of aliphatic hydroxyl groups is 1. The number of nitrogens with one attached hydrogen (secondary N) is 2. The quantitative estimate of drug-likeness (QED) is 0.770. The molecule has 7 heteroatoms. The first kappa shape index (κ1) is 16.3. The maximum Gasteiger partial charge on any atom is 0.270 e. The van der Waals surface area contributed by atoms with Crippen molar-refractivity contribution in [3.8, 4) is 5.75 Å². The molecule has 0 unspecified atom stereocenters. The molecule has 0 radical (unpaired) electrons. The smallest absolute Gasteiger partial charge is 0.270 e. The molecule has 0 bridgehead atoms. The second kappa shape index (κ2) is 6.52. The van der Waals surface area contributed by atoms with Gasteiger partial charge in [-0.05, 0) is 24.3 Å². The van der Waals surface area contributed by atoms with Gasteiger partial charge in [0.05, 0.1) is 13.2 Å². The summed E-state index contributed by atoms with van der Waals surface area (Å²) in [5, 5.41) is 13.2. The monoisotopic (exact) mass is 331 g/mol. The number of fused-ring (bicyclic) bond motifs is 1. The van der Waals surface area contributed by atoms with Gasteiger partial charge >= 0.3 is 0 Å². The molecule has 3 rings (SSSR count). The minimum atomic E-state index is -0.221. The Hall–Kier alpha value is -2.54. The van der Waals surface area contributed by atoms with Gasteiger partial charge < -0.3 is 25.0 Å². The van der Waals surface area contributed by atoms with Crippen molar-refractivity contribution in [1.82, 2.24) is 15.2 Å². The van der Waals surface area contributed by atoms with E-state index in [0.29, 0.717) is 18.8 Å². The third kappa shape index (κ3) is 3.07. The number of aromatic nitrogens is 1. The fourth-order valence-electron chi connectivity index (χ4n) is 3.17. The molecule has 1 aliphatic rings. The van der Waals surface area contributed by atoms with Crippen LogP contribution in [0, 0.1) is 5.92 Å². The van der Waals surface area contributed by atoms with Crippen LogP contribution in [0.1, 0.15) is 17.4 Å². The Labute approximate surface area is 139 Å². The van der Waals surface area contributed by atoms with Crippen molar-refractivity contribution in [3.05, 3.63) is 30.0 Å². The number of carbonyl (C=O) groups excluding carboxylic acids is 2. The first-order chi connectivity index (χ1) is 11.5. The van der Waals surface area contributed by atoms with Gasteiger partial charge in [-0.25, -0.2) is 0 Å². The second-order valence-corrected chi connectivity index (χ2v) is 6.10. The third-order valence-corrected chi connectivity index (χ3v) is 4.41. The summed E-state index contributed by atoms with van der Waals surface area (Å²) in [6.45, 7) is 2.17. The first-order valence-electron chi connectivity index (χ1n) is 7.86. The minimum absolute atomic E-state index is 0.0708. The van der Waals surface area contributed by atoms with Crippen LogP contribution in [0.25, 0.3) is 10.9 Å². The molecule has 0 spiro atoms. The zero-order valence-electron chi connectivity index (χ0n) is 13.7. The Morgan fingerprint density at radius 2 is 2.17 bits per heavy atom. The highest BCUT2D eigenvalue weighted by molar-refractivity contribution is 5.98. The zero-order valence-corrected chi connectivity index (χ0v) is 13.7. The van der Waals surface area contributed by atoms with Gasteiger partial charge in [-0.1, -0.05) is 0 Å². The Bertz CT molecular complexity index is 770. The number of rotatable bonds is 4. The Morgan fingerprint density at radius 1 is 1.38 bits per heavy atom. The summed E-state index contributed by atoms with van der Waals surface area (Å²) in [6, 6.07) is 7.13. The summed E-state index contributed by atoms with van der Waals surface area (Å²) in [5.41, 5.74) is 1.34. The molecule has 7 nitrogen and oxygen atoms in total. The van der Waals surface area contributed by atoms with E-state index in [1.807, 2.05) is 18.2 Å². The molecule has 1 aromatic carbocycles. The second-order valence-electron chi connectivity index (χ2n) is 6.10. The molecule has 0 aliphatic carbocycles. The SMILES string of the molecule is COc1ccc2[nH]c(C(=O)N3C[C@@H](CO)[C@H](NC(C)=O)C3)cc2c1. The number of ether oxygens (including phenoxy) is 1. The summed E-state index contributed by atoms with van der Waals surface area (Å²) in [6.07, 6.45) is 0. The van der Waals surface area contributed by atoms with E-state index in [0.717, 1.165) is 16.7 Å². The van der Waals surface area contributed by atoms with Gasteiger partial charge in [-0.3, -0.25) is 9.59 Å². The van der Waals surface area contributed by atoms with Crippen LogP contribution in [-0.2, 0) is 4.79 Å². The number of aliphatic hydroxyl groups excluding tert-OH is 1. The topological polar surface area (TPSA) is 94.7 Å². The number of likely N-dealkylation sites (tertiary alicyclic amines) is 1. The Morgan fingerprint density at radius 3 is 2.83 bits per heavy atom. The predicted molar refractivity (Wildman–Crippen MR) is 88.9 cm³/mol. The fraction of sp³-hybridized carbons (Fsp3) is 0.412. The van der Waals surface area contributed by atoms with Crippen molar-refractivity contribution in [2.45, 2.75) is 13.0 Å². The number of amides is 2. The molecule has 3 N–H and O–H groups in total. The maximum atomic E-state index is 12.7. The van der Waals surface area contributed by atoms with E-state index in [1.54, 1.807) is 18.1 Å². The minimum Gasteiger partial charge on any atom is -0.497 e. The Kier molecular flexibility index (Phi) is 4.44. The average Bonchev–Trinajstić information content (AvgIpc) is 3.16. The molecular weight excluding hydrogens is 310 g/mol. The number of aromatic amines is 1. The van der Waals surface area contributed by atoms with Crippen molar-refractivity contribution in [3.63, 3.8) is 0 Å². The molecule has 2 amide bonds. The van der Waals surface area contributed by atoms with Gasteiger partial charge in [0.25, 0.3) is 5.91 Å². The van der Waals surface area contributed by atoms with Gasteiger partial charge in [0.15, 0.2) is 0 Å². The summed E-state index contributed by atoms with van der Waals surface area (Å²) < 4.78 is 5.19. The molecule has 24 heavy (non-hydrogen) atoms. The lowest BCUT2D eigenvalue weighted by atomic mass is 10.1. The molecule has 0 saturated carbocycles. The molecule has 128 valence electrons. The van der Waals surface area contributed by atoms with Crippen molar-refractivity contribution in [1.29, 1.82) is 0 Å². The van der Waals surface area contributed by atoms with Crippen LogP contribution >= 0.6 is 0 Å². The average molecular weight is 331 g/mol. The van der Waals surface area contributed by atoms with Gasteiger partial charge in [0, 0.05) is 43.4 Å². The van der Waals surface area contributed by atoms with E-state index < -0.39 is 0 Å². The van der Waals surface area contributed by atoms with E-state index >= 15 is 0 Å². The third-order valence-electron chi connectivity index (χ3n) is 4.41. The molecule has 2 atom stereocenters. The summed E-state index contributed by atoms with van der Waals surface area (Å²) in [4.78, 5) is 28.8. The molecule has 1 aliphatic heterocycles. The molecule has 2 aromatic rings. The number of nitrogens with zero attached hydrogens (tertiary/aromatic N) is 1. The van der Waals surface area contributed by atoms with Crippen molar-refractivity contribution in [2.75, 3.05) is 26.8 Å². The van der Waals surface area contributed by atoms with Crippen LogP contribution in [0.15, 0.2) is 24.3 Å². The number of carbonyl (C=O) groups is 2. The van der Waals surface area contributed by atoms with Gasteiger partial charge in [-0.15, -0.1) is 0 Å². The summed E-state index contributed by atoms with van der Waals surface area (Å²) >= 11 is 0. The highest BCUT2D eigenvalue weighted by Gasteiger charge is 2.36. The van der Waals surface area contributed by atoms with Crippen LogP contribution in [-0.4, -0.2) is 59.7 Å². The van der Waals surface area contributed by atoms with Crippen LogP contribution < -0.4 is 10.1 Å². The van der Waals surface area contributed by atoms with Crippen molar-refractivity contribution in [2.24, 2.45) is 5.92 Å². The van der Waals surface area contributed by atoms with Gasteiger partial charge in [0.1, 0.15) is 11.4 Å². The van der Waals surface area contributed by atoms with Crippen molar-refractivity contribution < 1.29 is 19.4 Å². The number of methoxy groups -OCH3 is 1. The molecule has 2 heterocycles. The standard InChI is InChI=1S/C17H21N3O4/c1-10(22)18-16-8-20(7-12(16)9-21)17(23)15-6-11-5-13(24-2)3-4-14(11)19-15/h3-6,12,16,19,21H,7-9H2,1-2H3,(H,18,22)/t12-,16+/m0/s1. The van der Waals surface area contributed by atoms with E-state index in [1.165, 1.54) is 6.92 Å². The lowest BCUT2D eigenvalue weighted by Gasteiger charge is -2.16. The van der Waals surface area contributed by atoms with Gasteiger partial charge in [0.2, 0.25) is 5.91 Å². The predicted octanol–water partition coefficient (Wildman–Crippen LogP) is 0.745. The highest BCUT2D eigenvalue weighted by atomic mass is 16.5. The van der Waals surface area contributed by atoms with E-state index in [2.05, 4.69) is 10.3 Å². The summed E-state index contributed by atoms with van der Waals surface area (Å²) in [7, 11) is 1.60. The van der Waals surface area contributed by atoms with E-state index in [4.69, 9.17) is 4.74 Å². The molecular formula is C17H21N3O4. The highest BCUT2D eigenvalue weighted by Crippen LogP contribution is 2.24. The largest absolute Gasteiger partial charge is 0.497 e. The van der Waals surface area contributed by atoms with E-state index in [-0.39, 0.29) is 30.4 Å². The van der Waals surface area contributed by atoms with Crippen LogP contribution in [0.5, 0.6) is 5.75 Å². The molecule has 1 saturated heterocycles.